The molecule has 2 N–H and O–H groups in total. The van der Waals surface area contributed by atoms with Crippen LogP contribution < -0.4 is 11.2 Å². The molecule has 1 spiro atoms. The van der Waals surface area contributed by atoms with E-state index in [4.69, 9.17) is 4.74 Å². The molecule has 1 aliphatic heterocycles. The van der Waals surface area contributed by atoms with Crippen molar-refractivity contribution in [2.75, 3.05) is 6.61 Å². The molecule has 6 heteroatoms. The van der Waals surface area contributed by atoms with Gasteiger partial charge in [0.15, 0.2) is 0 Å². The molecule has 18 heavy (non-hydrogen) atoms. The van der Waals surface area contributed by atoms with E-state index < -0.39 is 16.9 Å². The predicted molar refractivity (Wildman–Crippen MR) is 63.5 cm³/mol. The third-order valence-corrected chi connectivity index (χ3v) is 4.03. The molecule has 2 heterocycles. The molecule has 1 aliphatic carbocycles. The van der Waals surface area contributed by atoms with Gasteiger partial charge in [-0.2, -0.15) is 0 Å². The van der Waals surface area contributed by atoms with E-state index in [2.05, 4.69) is 4.98 Å². The second-order valence-electron chi connectivity index (χ2n) is 5.51. The first-order chi connectivity index (χ1) is 8.48. The maximum Gasteiger partial charge on any atom is 0.328 e. The Bertz CT molecular complexity index is 592. The molecule has 98 valence electrons. The summed E-state index contributed by atoms with van der Waals surface area (Å²) in [5.74, 6) is 0. The number of hydrogen-bond acceptors (Lipinski definition) is 4. The first kappa shape index (κ1) is 11.7. The van der Waals surface area contributed by atoms with Gasteiger partial charge >= 0.3 is 5.69 Å². The lowest BCUT2D eigenvalue weighted by atomic mass is 10.0. The van der Waals surface area contributed by atoms with E-state index in [0.717, 1.165) is 19.3 Å². The molecule has 1 aromatic heterocycles. The number of aliphatic hydroxyl groups excluding tert-OH is 1. The Kier molecular flexibility index (Phi) is 2.30. The maximum absolute atomic E-state index is 11.7. The zero-order valence-corrected chi connectivity index (χ0v) is 10.2. The fourth-order valence-corrected chi connectivity index (χ4v) is 2.85. The number of aromatic nitrogens is 2. The fourth-order valence-electron chi connectivity index (χ4n) is 2.85. The van der Waals surface area contributed by atoms with Crippen LogP contribution in [0.25, 0.3) is 0 Å². The molecule has 1 aromatic rings. The Morgan fingerprint density at radius 1 is 1.56 bits per heavy atom. The van der Waals surface area contributed by atoms with Crippen LogP contribution in [0.15, 0.2) is 21.9 Å². The highest BCUT2D eigenvalue weighted by Gasteiger charge is 2.63. The minimum Gasteiger partial charge on any atom is -0.393 e. The first-order valence-electron chi connectivity index (χ1n) is 6.11. The van der Waals surface area contributed by atoms with Gasteiger partial charge in [0.1, 0.15) is 0 Å². The number of ether oxygens (including phenoxy) is 1. The summed E-state index contributed by atoms with van der Waals surface area (Å²) in [6, 6.07) is 1.31. The highest BCUT2D eigenvalue weighted by molar-refractivity contribution is 5.15. The summed E-state index contributed by atoms with van der Waals surface area (Å²) >= 11 is 0. The first-order valence-corrected chi connectivity index (χ1v) is 6.11. The van der Waals surface area contributed by atoms with Crippen molar-refractivity contribution in [1.82, 2.24) is 9.55 Å². The van der Waals surface area contributed by atoms with E-state index in [1.54, 1.807) is 0 Å². The summed E-state index contributed by atoms with van der Waals surface area (Å²) < 4.78 is 7.47. The van der Waals surface area contributed by atoms with E-state index in [9.17, 15) is 14.7 Å². The molecule has 3 unspecified atom stereocenters. The summed E-state index contributed by atoms with van der Waals surface area (Å²) in [6.45, 7) is 1.87. The van der Waals surface area contributed by atoms with Gasteiger partial charge in [0.25, 0.3) is 5.56 Å². The van der Waals surface area contributed by atoms with Crippen LogP contribution in [-0.2, 0) is 4.74 Å². The van der Waals surface area contributed by atoms with Crippen LogP contribution in [0.4, 0.5) is 0 Å². The van der Waals surface area contributed by atoms with Gasteiger partial charge in [-0.05, 0) is 19.8 Å². The number of nitrogens with zero attached hydrogens (tertiary/aromatic N) is 1. The lowest BCUT2D eigenvalue weighted by molar-refractivity contribution is -0.0770. The van der Waals surface area contributed by atoms with Crippen molar-refractivity contribution < 1.29 is 9.84 Å². The van der Waals surface area contributed by atoms with E-state index in [0.29, 0.717) is 0 Å². The zero-order valence-electron chi connectivity index (χ0n) is 10.2. The van der Waals surface area contributed by atoms with Crippen LogP contribution in [0.5, 0.6) is 0 Å². The quantitative estimate of drug-likeness (QED) is 0.762. The average Bonchev–Trinajstić information content (AvgIpc) is 2.89. The van der Waals surface area contributed by atoms with Crippen molar-refractivity contribution in [3.05, 3.63) is 33.1 Å². The second kappa shape index (κ2) is 3.55. The molecule has 2 aliphatic rings. The van der Waals surface area contributed by atoms with Crippen LogP contribution in [0.1, 0.15) is 32.2 Å². The monoisotopic (exact) mass is 252 g/mol. The molecule has 3 atom stereocenters. The fraction of sp³-hybridized carbons (Fsp3) is 0.667. The number of aromatic amines is 1. The van der Waals surface area contributed by atoms with E-state index in [1.807, 2.05) is 6.92 Å². The highest BCUT2D eigenvalue weighted by Crippen LogP contribution is 2.59. The average molecular weight is 252 g/mol. The third-order valence-electron chi connectivity index (χ3n) is 4.03. The van der Waals surface area contributed by atoms with Crippen molar-refractivity contribution in [2.45, 2.75) is 43.4 Å². The van der Waals surface area contributed by atoms with E-state index >= 15 is 0 Å². The molecule has 0 aromatic carbocycles. The minimum absolute atomic E-state index is 0.0119. The summed E-state index contributed by atoms with van der Waals surface area (Å²) in [5, 5.41) is 9.29. The molecule has 0 bridgehead atoms. The minimum atomic E-state index is -0.499. The summed E-state index contributed by atoms with van der Waals surface area (Å²) in [7, 11) is 0. The highest BCUT2D eigenvalue weighted by atomic mass is 16.5. The standard InChI is InChI=1S/C12H16N2O4/c1-11(7-15)3-4-12(18-11)6-8(12)14-5-2-9(16)13-10(14)17/h2,5,8,15H,3-4,6-7H2,1H3,(H,13,16,17). The molecule has 3 rings (SSSR count). The third kappa shape index (κ3) is 1.64. The van der Waals surface area contributed by atoms with Crippen molar-refractivity contribution in [1.29, 1.82) is 0 Å². The molecule has 0 radical (unpaired) electrons. The Morgan fingerprint density at radius 2 is 2.33 bits per heavy atom. The molecule has 1 saturated heterocycles. The van der Waals surface area contributed by atoms with Gasteiger partial charge in [0.2, 0.25) is 0 Å². The van der Waals surface area contributed by atoms with Crippen molar-refractivity contribution in [3.63, 3.8) is 0 Å². The smallest absolute Gasteiger partial charge is 0.328 e. The van der Waals surface area contributed by atoms with Crippen LogP contribution >= 0.6 is 0 Å². The van der Waals surface area contributed by atoms with Crippen molar-refractivity contribution in [2.24, 2.45) is 0 Å². The van der Waals surface area contributed by atoms with Crippen LogP contribution in [0.3, 0.4) is 0 Å². The topological polar surface area (TPSA) is 84.3 Å². The predicted octanol–water partition coefficient (Wildman–Crippen LogP) is -0.218. The van der Waals surface area contributed by atoms with Crippen LogP contribution in [0.2, 0.25) is 0 Å². The summed E-state index contributed by atoms with van der Waals surface area (Å²) in [5.41, 5.74) is -1.62. The SMILES string of the molecule is CC1(CO)CCC2(CC2n2ccc(=O)[nH]c2=O)O1. The van der Waals surface area contributed by atoms with Gasteiger partial charge in [-0.25, -0.2) is 4.79 Å². The molecule has 0 amide bonds. The second-order valence-corrected chi connectivity index (χ2v) is 5.51. The number of rotatable bonds is 2. The summed E-state index contributed by atoms with van der Waals surface area (Å²) in [4.78, 5) is 25.0. The van der Waals surface area contributed by atoms with Gasteiger partial charge in [-0.15, -0.1) is 0 Å². The zero-order chi connectivity index (χ0) is 13.0. The molecular formula is C12H16N2O4. The molecule has 2 fully saturated rings. The largest absolute Gasteiger partial charge is 0.393 e. The number of hydrogen-bond donors (Lipinski definition) is 2. The molecule has 1 saturated carbocycles. The van der Waals surface area contributed by atoms with Gasteiger partial charge in [-0.1, -0.05) is 0 Å². The number of nitrogens with one attached hydrogen (secondary N) is 1. The Labute approximate surface area is 103 Å². The van der Waals surface area contributed by atoms with Gasteiger partial charge in [-0.3, -0.25) is 14.3 Å². The van der Waals surface area contributed by atoms with Gasteiger partial charge in [0, 0.05) is 18.7 Å². The molecule has 6 nitrogen and oxygen atoms in total. The van der Waals surface area contributed by atoms with Gasteiger partial charge in [0.05, 0.1) is 23.9 Å². The molecular weight excluding hydrogens is 236 g/mol. The lowest BCUT2D eigenvalue weighted by Gasteiger charge is -2.22. The number of H-pyrrole nitrogens is 1. The summed E-state index contributed by atoms with van der Waals surface area (Å²) in [6.07, 6.45) is 3.89. The normalized spacial score (nSPS) is 38.2. The Hall–Kier alpha value is -1.40. The maximum atomic E-state index is 11.7. The van der Waals surface area contributed by atoms with Crippen LogP contribution in [-0.4, -0.2) is 32.5 Å². The van der Waals surface area contributed by atoms with Crippen LogP contribution in [0, 0.1) is 0 Å². The van der Waals surface area contributed by atoms with E-state index in [1.165, 1.54) is 16.8 Å². The Morgan fingerprint density at radius 3 is 2.94 bits per heavy atom. The Balaban J connectivity index is 1.87. The van der Waals surface area contributed by atoms with Crippen molar-refractivity contribution in [3.8, 4) is 0 Å². The number of aliphatic hydroxyl groups is 1. The lowest BCUT2D eigenvalue weighted by Crippen LogP contribution is -2.33. The van der Waals surface area contributed by atoms with Gasteiger partial charge < -0.3 is 9.84 Å². The van der Waals surface area contributed by atoms with Crippen molar-refractivity contribution >= 4 is 0 Å². The van der Waals surface area contributed by atoms with E-state index in [-0.39, 0.29) is 18.2 Å².